The van der Waals surface area contributed by atoms with E-state index in [1.807, 2.05) is 6.07 Å². The van der Waals surface area contributed by atoms with Gasteiger partial charge in [-0.25, -0.2) is 13.1 Å². The summed E-state index contributed by atoms with van der Waals surface area (Å²) in [6.07, 6.45) is 9.28. The van der Waals surface area contributed by atoms with Crippen LogP contribution in [0.25, 0.3) is 0 Å². The monoisotopic (exact) mass is 284 g/mol. The molecule has 0 aliphatic heterocycles. The van der Waals surface area contributed by atoms with E-state index in [1.165, 1.54) is 32.1 Å². The highest BCUT2D eigenvalue weighted by Gasteiger charge is 2.44. The van der Waals surface area contributed by atoms with Crippen molar-refractivity contribution in [2.24, 2.45) is 11.8 Å². The van der Waals surface area contributed by atoms with Gasteiger partial charge in [0.2, 0.25) is 10.0 Å². The zero-order valence-electron chi connectivity index (χ0n) is 11.5. The van der Waals surface area contributed by atoms with Crippen LogP contribution in [-0.4, -0.2) is 20.2 Å². The molecule has 2 atom stereocenters. The van der Waals surface area contributed by atoms with E-state index in [2.05, 4.69) is 4.72 Å². The fraction of sp³-hybridized carbons (Fsp3) is 0.929. The number of sulfonamides is 1. The molecule has 0 saturated heterocycles. The molecule has 4 nitrogen and oxygen atoms in total. The van der Waals surface area contributed by atoms with Crippen LogP contribution in [0, 0.1) is 23.2 Å². The number of hydrogen-bond acceptors (Lipinski definition) is 3. The summed E-state index contributed by atoms with van der Waals surface area (Å²) in [6, 6.07) is 2.24. The summed E-state index contributed by atoms with van der Waals surface area (Å²) in [6.45, 7) is 0. The van der Waals surface area contributed by atoms with E-state index in [0.717, 1.165) is 12.3 Å². The first-order valence-corrected chi connectivity index (χ1v) is 9.14. The van der Waals surface area contributed by atoms with Gasteiger partial charge >= 0.3 is 0 Å². The van der Waals surface area contributed by atoms with Gasteiger partial charge in [-0.1, -0.05) is 32.1 Å². The van der Waals surface area contributed by atoms with Crippen molar-refractivity contribution in [1.29, 1.82) is 5.26 Å². The Balaban J connectivity index is 1.68. The Labute approximate surface area is 116 Å². The number of nitrogens with zero attached hydrogens (tertiary/aromatic N) is 1. The van der Waals surface area contributed by atoms with Crippen molar-refractivity contribution in [2.75, 3.05) is 5.75 Å². The Morgan fingerprint density at radius 3 is 2.58 bits per heavy atom. The first-order chi connectivity index (χ1) is 9.12. The van der Waals surface area contributed by atoms with E-state index in [1.54, 1.807) is 0 Å². The lowest BCUT2D eigenvalue weighted by atomic mass is 9.86. The molecule has 0 aromatic carbocycles. The van der Waals surface area contributed by atoms with Gasteiger partial charge in [0.1, 0.15) is 0 Å². The fourth-order valence-corrected chi connectivity index (χ4v) is 4.65. The highest BCUT2D eigenvalue weighted by Crippen LogP contribution is 2.44. The van der Waals surface area contributed by atoms with Gasteiger partial charge in [0.05, 0.1) is 11.8 Å². The summed E-state index contributed by atoms with van der Waals surface area (Å²) in [5.41, 5.74) is 0. The van der Waals surface area contributed by atoms with Crippen LogP contribution in [0.2, 0.25) is 0 Å². The predicted octanol–water partition coefficient (Wildman–Crippen LogP) is 2.57. The van der Waals surface area contributed by atoms with Gasteiger partial charge in [0.25, 0.3) is 0 Å². The Morgan fingerprint density at radius 1 is 1.16 bits per heavy atom. The summed E-state index contributed by atoms with van der Waals surface area (Å²) in [4.78, 5) is 0. The fourth-order valence-electron chi connectivity index (χ4n) is 3.22. The summed E-state index contributed by atoms with van der Waals surface area (Å²) in [5.74, 6) is 1.51. The van der Waals surface area contributed by atoms with Crippen LogP contribution >= 0.6 is 0 Å². The number of nitrogens with one attached hydrogen (secondary N) is 1. The van der Waals surface area contributed by atoms with Crippen molar-refractivity contribution in [3.05, 3.63) is 0 Å². The van der Waals surface area contributed by atoms with Crippen molar-refractivity contribution in [1.82, 2.24) is 4.72 Å². The minimum atomic E-state index is -3.13. The topological polar surface area (TPSA) is 70.0 Å². The summed E-state index contributed by atoms with van der Waals surface area (Å²) < 4.78 is 26.6. The van der Waals surface area contributed by atoms with Gasteiger partial charge in [0, 0.05) is 12.5 Å². The number of nitriles is 1. The van der Waals surface area contributed by atoms with Crippen LogP contribution in [0.5, 0.6) is 0 Å². The van der Waals surface area contributed by atoms with Gasteiger partial charge in [-0.15, -0.1) is 0 Å². The lowest BCUT2D eigenvalue weighted by Gasteiger charge is -2.21. The molecule has 19 heavy (non-hydrogen) atoms. The predicted molar refractivity (Wildman–Crippen MR) is 74.9 cm³/mol. The maximum Gasteiger partial charge on any atom is 0.211 e. The Bertz CT molecular complexity index is 421. The average Bonchev–Trinajstić information content (AvgIpc) is 3.14. The van der Waals surface area contributed by atoms with Gasteiger partial charge in [-0.05, 0) is 31.1 Å². The van der Waals surface area contributed by atoms with Crippen LogP contribution in [0.1, 0.15) is 57.8 Å². The molecule has 0 aromatic rings. The van der Waals surface area contributed by atoms with Crippen molar-refractivity contribution in [3.63, 3.8) is 0 Å². The molecule has 0 radical (unpaired) electrons. The number of unbranched alkanes of at least 4 members (excludes halogenated alkanes) is 2. The molecule has 0 heterocycles. The maximum atomic E-state index is 11.9. The van der Waals surface area contributed by atoms with E-state index < -0.39 is 10.0 Å². The molecule has 2 aliphatic rings. The average molecular weight is 284 g/mol. The Hall–Kier alpha value is -0.600. The Morgan fingerprint density at radius 2 is 1.89 bits per heavy atom. The first-order valence-electron chi connectivity index (χ1n) is 7.49. The minimum absolute atomic E-state index is 0.169. The maximum absolute atomic E-state index is 11.9. The highest BCUT2D eigenvalue weighted by molar-refractivity contribution is 7.89. The van der Waals surface area contributed by atoms with Gasteiger partial charge in [0.15, 0.2) is 0 Å². The third-order valence-corrected chi connectivity index (χ3v) is 5.87. The van der Waals surface area contributed by atoms with E-state index in [4.69, 9.17) is 5.26 Å². The first kappa shape index (κ1) is 14.8. The van der Waals surface area contributed by atoms with Crippen LogP contribution in [0.3, 0.4) is 0 Å². The molecular formula is C14H24N2O2S. The normalized spacial score (nSPS) is 27.9. The molecule has 2 aliphatic carbocycles. The van der Waals surface area contributed by atoms with E-state index >= 15 is 0 Å². The lowest BCUT2D eigenvalue weighted by Crippen LogP contribution is -2.30. The zero-order chi connectivity index (χ0) is 13.7. The third-order valence-electron chi connectivity index (χ3n) is 4.38. The molecule has 0 bridgehead atoms. The largest absolute Gasteiger partial charge is 0.212 e. The molecule has 2 saturated carbocycles. The SMILES string of the molecule is N#CCCCCS(=O)(=O)N[C@@H]1C[C@@H]1C1CCCCC1. The Kier molecular flexibility index (Phi) is 5.23. The van der Waals surface area contributed by atoms with Crippen molar-refractivity contribution >= 4 is 10.0 Å². The molecule has 2 fully saturated rings. The minimum Gasteiger partial charge on any atom is -0.212 e. The summed E-state index contributed by atoms with van der Waals surface area (Å²) in [5, 5.41) is 8.41. The van der Waals surface area contributed by atoms with Crippen LogP contribution in [0.4, 0.5) is 0 Å². The number of hydrogen-bond donors (Lipinski definition) is 1. The number of rotatable bonds is 7. The molecule has 0 unspecified atom stereocenters. The zero-order valence-corrected chi connectivity index (χ0v) is 12.3. The smallest absolute Gasteiger partial charge is 0.211 e. The van der Waals surface area contributed by atoms with Crippen molar-refractivity contribution < 1.29 is 8.42 Å². The van der Waals surface area contributed by atoms with Crippen LogP contribution in [0.15, 0.2) is 0 Å². The van der Waals surface area contributed by atoms with Gasteiger partial charge < -0.3 is 0 Å². The molecule has 108 valence electrons. The molecule has 1 N–H and O–H groups in total. The summed E-state index contributed by atoms with van der Waals surface area (Å²) >= 11 is 0. The van der Waals surface area contributed by atoms with Gasteiger partial charge in [-0.3, -0.25) is 0 Å². The molecule has 5 heteroatoms. The third kappa shape index (κ3) is 4.77. The second-order valence-corrected chi connectivity index (χ2v) is 7.83. The molecule has 0 amide bonds. The quantitative estimate of drug-likeness (QED) is 0.730. The molecule has 2 rings (SSSR count). The second kappa shape index (κ2) is 6.71. The van der Waals surface area contributed by atoms with Crippen LogP contribution in [-0.2, 0) is 10.0 Å². The highest BCUT2D eigenvalue weighted by atomic mass is 32.2. The van der Waals surface area contributed by atoms with Crippen molar-refractivity contribution in [3.8, 4) is 6.07 Å². The van der Waals surface area contributed by atoms with E-state index in [0.29, 0.717) is 25.2 Å². The standard InChI is InChI=1S/C14H24N2O2S/c15-9-5-2-6-10-19(17,18)16-14-11-13(14)12-7-3-1-4-8-12/h12-14,16H,1-8,10-11H2/t13-,14-/m1/s1. The lowest BCUT2D eigenvalue weighted by molar-refractivity contribution is 0.316. The van der Waals surface area contributed by atoms with Crippen LogP contribution < -0.4 is 4.72 Å². The van der Waals surface area contributed by atoms with E-state index in [9.17, 15) is 8.42 Å². The van der Waals surface area contributed by atoms with Crippen molar-refractivity contribution in [2.45, 2.75) is 63.8 Å². The molecule has 0 spiro atoms. The second-order valence-electron chi connectivity index (χ2n) is 5.96. The summed E-state index contributed by atoms with van der Waals surface area (Å²) in [7, 11) is -3.13. The molecule has 0 aromatic heterocycles. The van der Waals surface area contributed by atoms with Gasteiger partial charge in [-0.2, -0.15) is 5.26 Å². The molecular weight excluding hydrogens is 260 g/mol. The van der Waals surface area contributed by atoms with E-state index in [-0.39, 0.29) is 11.8 Å².